The summed E-state index contributed by atoms with van der Waals surface area (Å²) in [5, 5.41) is 11.4. The van der Waals surface area contributed by atoms with Crippen LogP contribution in [-0.2, 0) is 9.59 Å². The van der Waals surface area contributed by atoms with Crippen molar-refractivity contribution in [2.75, 3.05) is 0 Å². The number of aromatic amines is 2. The molecule has 0 saturated carbocycles. The van der Waals surface area contributed by atoms with Crippen molar-refractivity contribution in [3.63, 3.8) is 0 Å². The topological polar surface area (TPSA) is 123 Å². The van der Waals surface area contributed by atoms with E-state index in [4.69, 9.17) is 0 Å². The molecule has 0 amide bonds. The van der Waals surface area contributed by atoms with Crippen LogP contribution in [0.15, 0.2) is 27.8 Å². The first-order chi connectivity index (χ1) is 7.99. The lowest BCUT2D eigenvalue weighted by atomic mass is 10.00. The van der Waals surface area contributed by atoms with Gasteiger partial charge in [0.15, 0.2) is 0 Å². The molecule has 0 bridgehead atoms. The first-order valence-corrected chi connectivity index (χ1v) is 4.51. The molecule has 2 rings (SSSR count). The summed E-state index contributed by atoms with van der Waals surface area (Å²) in [5.74, 6) is -2.47. The Labute approximate surface area is 93.1 Å². The molecule has 2 N–H and O–H groups in total. The van der Waals surface area contributed by atoms with Gasteiger partial charge in [-0.1, -0.05) is 0 Å². The predicted octanol–water partition coefficient (Wildman–Crippen LogP) is -1.77. The Balaban J connectivity index is 2.65. The van der Waals surface area contributed by atoms with Crippen molar-refractivity contribution in [3.05, 3.63) is 44.6 Å². The van der Waals surface area contributed by atoms with Crippen molar-refractivity contribution in [2.45, 2.75) is 0 Å². The molecule has 86 valence electrons. The molecule has 0 saturated heterocycles. The van der Waals surface area contributed by atoms with Crippen molar-refractivity contribution in [1.29, 1.82) is 0 Å². The van der Waals surface area contributed by atoms with Gasteiger partial charge in [-0.05, 0) is 29.7 Å². The van der Waals surface area contributed by atoms with Crippen molar-refractivity contribution in [2.24, 2.45) is 0 Å². The zero-order chi connectivity index (χ0) is 12.6. The van der Waals surface area contributed by atoms with Crippen molar-refractivity contribution < 1.29 is 14.7 Å². The van der Waals surface area contributed by atoms with Gasteiger partial charge in [-0.2, -0.15) is 0 Å². The fourth-order valence-corrected chi connectivity index (χ4v) is 1.39. The molecule has 7 nitrogen and oxygen atoms in total. The van der Waals surface area contributed by atoms with E-state index in [-0.39, 0.29) is 11.1 Å². The largest absolute Gasteiger partial charge is 0.860 e. The van der Waals surface area contributed by atoms with Crippen LogP contribution in [0.4, 0.5) is 0 Å². The second-order valence-corrected chi connectivity index (χ2v) is 3.27. The summed E-state index contributed by atoms with van der Waals surface area (Å²) in [7, 11) is 0. The van der Waals surface area contributed by atoms with Gasteiger partial charge in [0.1, 0.15) is 0 Å². The van der Waals surface area contributed by atoms with Crippen LogP contribution in [0.5, 0.6) is 5.88 Å². The maximum absolute atomic E-state index is 11.4. The summed E-state index contributed by atoms with van der Waals surface area (Å²) in [6, 6.07) is 0. The summed E-state index contributed by atoms with van der Waals surface area (Å²) in [6.07, 6.45) is 3.02. The standard InChI is InChI=1S/C10H6N2O5/c13-5-2-1-4(3-6(5)14)7-8(15)11-10(17)12-9(7)16/h1-3H,(H3,11,12,15,16,17)/p-1. The predicted molar refractivity (Wildman–Crippen MR) is 54.3 cm³/mol. The lowest BCUT2D eigenvalue weighted by Crippen LogP contribution is -2.28. The van der Waals surface area contributed by atoms with E-state index in [1.54, 1.807) is 0 Å². The van der Waals surface area contributed by atoms with Crippen LogP contribution in [0.3, 0.4) is 0 Å². The molecule has 1 aromatic heterocycles. The van der Waals surface area contributed by atoms with Gasteiger partial charge < -0.3 is 10.1 Å². The zero-order valence-corrected chi connectivity index (χ0v) is 8.27. The lowest BCUT2D eigenvalue weighted by Gasteiger charge is -2.12. The van der Waals surface area contributed by atoms with Gasteiger partial charge in [0.05, 0.1) is 5.56 Å². The molecule has 0 aliphatic heterocycles. The van der Waals surface area contributed by atoms with Crippen LogP contribution >= 0.6 is 0 Å². The van der Waals surface area contributed by atoms with E-state index < -0.39 is 28.7 Å². The Morgan fingerprint density at radius 3 is 2.24 bits per heavy atom. The molecule has 0 atom stereocenters. The van der Waals surface area contributed by atoms with E-state index >= 15 is 0 Å². The Morgan fingerprint density at radius 2 is 1.65 bits per heavy atom. The summed E-state index contributed by atoms with van der Waals surface area (Å²) >= 11 is 0. The van der Waals surface area contributed by atoms with Crippen molar-refractivity contribution in [1.82, 2.24) is 9.97 Å². The third kappa shape index (κ3) is 1.85. The summed E-state index contributed by atoms with van der Waals surface area (Å²) < 4.78 is 0. The summed E-state index contributed by atoms with van der Waals surface area (Å²) in [5.41, 5.74) is -2.21. The van der Waals surface area contributed by atoms with Gasteiger partial charge in [-0.3, -0.25) is 19.4 Å². The highest BCUT2D eigenvalue weighted by Crippen LogP contribution is 2.19. The first-order valence-electron chi connectivity index (χ1n) is 4.51. The SMILES string of the molecule is O=C1C=CC(c2c([O-])[nH]c(=O)[nH]c2=O)=CC1=O. The van der Waals surface area contributed by atoms with E-state index in [9.17, 15) is 24.3 Å². The third-order valence-corrected chi connectivity index (χ3v) is 2.14. The number of hydrogen-bond acceptors (Lipinski definition) is 5. The molecule has 1 aromatic rings. The molecule has 1 heterocycles. The van der Waals surface area contributed by atoms with Crippen molar-refractivity contribution in [3.8, 4) is 5.88 Å². The van der Waals surface area contributed by atoms with Crippen LogP contribution in [0, 0.1) is 0 Å². The molecule has 7 heteroatoms. The molecule has 0 radical (unpaired) electrons. The number of carbonyl (C=O) groups is 2. The first kappa shape index (κ1) is 10.8. The number of H-pyrrole nitrogens is 2. The Hall–Kier alpha value is -2.70. The molecule has 0 aromatic carbocycles. The van der Waals surface area contributed by atoms with Gasteiger partial charge >= 0.3 is 5.69 Å². The summed E-state index contributed by atoms with van der Waals surface area (Å²) in [4.78, 5) is 47.9. The summed E-state index contributed by atoms with van der Waals surface area (Å²) in [6.45, 7) is 0. The number of nitrogens with one attached hydrogen (secondary N) is 2. The maximum atomic E-state index is 11.4. The highest BCUT2D eigenvalue weighted by Gasteiger charge is 2.16. The number of ketones is 2. The molecular weight excluding hydrogens is 228 g/mol. The van der Waals surface area contributed by atoms with Crippen molar-refractivity contribution >= 4 is 17.1 Å². The number of rotatable bonds is 1. The molecule has 0 fully saturated rings. The van der Waals surface area contributed by atoms with Crippen LogP contribution in [0.1, 0.15) is 5.56 Å². The van der Waals surface area contributed by atoms with E-state index in [0.717, 1.165) is 12.2 Å². The van der Waals surface area contributed by atoms with E-state index in [1.807, 2.05) is 9.97 Å². The third-order valence-electron chi connectivity index (χ3n) is 2.14. The van der Waals surface area contributed by atoms with E-state index in [1.165, 1.54) is 6.08 Å². The quantitative estimate of drug-likeness (QED) is 0.438. The molecule has 0 unspecified atom stereocenters. The number of aromatic nitrogens is 2. The van der Waals surface area contributed by atoms with Gasteiger partial charge in [-0.25, -0.2) is 4.79 Å². The maximum Gasteiger partial charge on any atom is 0.325 e. The molecule has 0 spiro atoms. The minimum absolute atomic E-state index is 0.00269. The average molecular weight is 233 g/mol. The Morgan fingerprint density at radius 1 is 0.941 bits per heavy atom. The normalized spacial score (nSPS) is 14.9. The van der Waals surface area contributed by atoms with Gasteiger partial charge in [-0.15, -0.1) is 0 Å². The number of carbonyl (C=O) groups excluding carboxylic acids is 2. The minimum atomic E-state index is -0.924. The van der Waals surface area contributed by atoms with E-state index in [2.05, 4.69) is 0 Å². The molecule has 1 aliphatic carbocycles. The molecular formula is C10H5N2O5-. The van der Waals surface area contributed by atoms with E-state index in [0.29, 0.717) is 0 Å². The van der Waals surface area contributed by atoms with Gasteiger partial charge in [0.2, 0.25) is 11.6 Å². The zero-order valence-electron chi connectivity index (χ0n) is 8.27. The second kappa shape index (κ2) is 3.71. The van der Waals surface area contributed by atoms with Crippen LogP contribution < -0.4 is 16.4 Å². The fourth-order valence-electron chi connectivity index (χ4n) is 1.39. The number of allylic oxidation sites excluding steroid dienone is 4. The Kier molecular flexibility index (Phi) is 2.36. The Bertz CT molecular complexity index is 689. The van der Waals surface area contributed by atoms with Crippen LogP contribution in [0.25, 0.3) is 5.57 Å². The van der Waals surface area contributed by atoms with Gasteiger partial charge in [0.25, 0.3) is 5.56 Å². The monoisotopic (exact) mass is 233 g/mol. The van der Waals surface area contributed by atoms with Gasteiger partial charge in [0, 0.05) is 0 Å². The highest BCUT2D eigenvalue weighted by atomic mass is 16.3. The fraction of sp³-hybridized carbons (Fsp3) is 0. The molecule has 1 aliphatic rings. The number of hydrogen-bond donors (Lipinski definition) is 2. The van der Waals surface area contributed by atoms with Crippen LogP contribution in [0.2, 0.25) is 0 Å². The minimum Gasteiger partial charge on any atom is -0.860 e. The second-order valence-electron chi connectivity index (χ2n) is 3.27. The van der Waals surface area contributed by atoms with Crippen LogP contribution in [-0.4, -0.2) is 21.5 Å². The smallest absolute Gasteiger partial charge is 0.325 e. The highest BCUT2D eigenvalue weighted by molar-refractivity contribution is 6.48. The average Bonchev–Trinajstić information content (AvgIpc) is 2.21. The molecule has 17 heavy (non-hydrogen) atoms. The lowest BCUT2D eigenvalue weighted by molar-refractivity contribution is -0.275.